The van der Waals surface area contributed by atoms with E-state index >= 15 is 0 Å². The summed E-state index contributed by atoms with van der Waals surface area (Å²) < 4.78 is 17.0. The van der Waals surface area contributed by atoms with Gasteiger partial charge in [0, 0.05) is 43.3 Å². The molecule has 196 valence electrons. The molecule has 1 atom stereocenters. The quantitative estimate of drug-likeness (QED) is 0.174. The Morgan fingerprint density at radius 1 is 0.816 bits per heavy atom. The fraction of sp³-hybridized carbons (Fsp3) is 0.250. The number of benzene rings is 4. The lowest BCUT2D eigenvalue weighted by Crippen LogP contribution is -2.27. The van der Waals surface area contributed by atoms with Gasteiger partial charge in [-0.1, -0.05) is 61.0 Å². The Labute approximate surface area is 242 Å². The zero-order valence-electron chi connectivity index (χ0n) is 22.7. The summed E-state index contributed by atoms with van der Waals surface area (Å²) >= 11 is 7.33. The van der Waals surface area contributed by atoms with Crippen LogP contribution in [0.25, 0.3) is 21.8 Å². The summed E-state index contributed by atoms with van der Waals surface area (Å²) in [6.45, 7) is 14.1. The van der Waals surface area contributed by atoms with E-state index in [1.54, 1.807) is 0 Å². The monoisotopic (exact) mass is 650 g/mol. The predicted molar refractivity (Wildman–Crippen MR) is 172 cm³/mol. The first-order chi connectivity index (χ1) is 18.0. The molecular weight excluding hydrogens is 619 g/mol. The van der Waals surface area contributed by atoms with Gasteiger partial charge in [0.15, 0.2) is 7.28 Å². The molecule has 0 amide bonds. The highest BCUT2D eigenvalue weighted by Crippen LogP contribution is 2.63. The van der Waals surface area contributed by atoms with E-state index in [0.717, 1.165) is 32.2 Å². The predicted octanol–water partition coefficient (Wildman–Crippen LogP) is 10.9. The lowest BCUT2D eigenvalue weighted by atomic mass is 10.1. The topological polar surface area (TPSA) is 26.5 Å². The molecule has 5 aromatic rings. The Balaban J connectivity index is 1.86. The summed E-state index contributed by atoms with van der Waals surface area (Å²) in [7, 11) is -2.66. The van der Waals surface area contributed by atoms with Crippen LogP contribution in [0.3, 0.4) is 0 Å². The fourth-order valence-electron chi connectivity index (χ4n) is 5.02. The SMILES string of the molecule is CCn1c2ccccc2c2cc(P(=Nc3ccc(C)c(C)c3)(Oc3ccc(Br)cc3Br)C(C)(C)C)ccc21. The third kappa shape index (κ3) is 4.78. The molecule has 3 nitrogen and oxygen atoms in total. The Bertz CT molecular complexity index is 1730. The maximum absolute atomic E-state index is 7.18. The lowest BCUT2D eigenvalue weighted by molar-refractivity contribution is 0.568. The van der Waals surface area contributed by atoms with E-state index < -0.39 is 7.28 Å². The van der Waals surface area contributed by atoms with Crippen molar-refractivity contribution in [2.45, 2.75) is 53.2 Å². The molecule has 4 aromatic carbocycles. The van der Waals surface area contributed by atoms with Gasteiger partial charge in [0.2, 0.25) is 0 Å². The molecule has 0 N–H and O–H groups in total. The average Bonchev–Trinajstić information content (AvgIpc) is 3.19. The van der Waals surface area contributed by atoms with Gasteiger partial charge in [0.05, 0.1) is 10.2 Å². The van der Waals surface area contributed by atoms with Gasteiger partial charge in [-0.2, -0.15) is 0 Å². The van der Waals surface area contributed by atoms with Gasteiger partial charge in [0.1, 0.15) is 5.75 Å². The highest BCUT2D eigenvalue weighted by molar-refractivity contribution is 9.11. The first-order valence-corrected chi connectivity index (χ1v) is 16.1. The minimum absolute atomic E-state index is 0.283. The normalized spacial score (nSPS) is 13.6. The molecule has 6 heteroatoms. The van der Waals surface area contributed by atoms with Crippen LogP contribution in [0.15, 0.2) is 92.6 Å². The van der Waals surface area contributed by atoms with E-state index in [9.17, 15) is 0 Å². The number of para-hydroxylation sites is 1. The summed E-state index contributed by atoms with van der Waals surface area (Å²) in [6.07, 6.45) is 0. The van der Waals surface area contributed by atoms with Crippen molar-refractivity contribution in [3.8, 4) is 5.75 Å². The minimum Gasteiger partial charge on any atom is -0.454 e. The second-order valence-electron chi connectivity index (χ2n) is 10.7. The van der Waals surface area contributed by atoms with Gasteiger partial charge >= 0.3 is 0 Å². The molecule has 0 spiro atoms. The maximum Gasteiger partial charge on any atom is 0.173 e. The third-order valence-electron chi connectivity index (χ3n) is 7.20. The van der Waals surface area contributed by atoms with Crippen LogP contribution in [0.1, 0.15) is 38.8 Å². The number of fused-ring (bicyclic) bond motifs is 3. The maximum atomic E-state index is 7.18. The van der Waals surface area contributed by atoms with E-state index in [0.29, 0.717) is 0 Å². The minimum atomic E-state index is -2.66. The summed E-state index contributed by atoms with van der Waals surface area (Å²) in [4.78, 5) is 0. The molecule has 0 aliphatic heterocycles. The highest BCUT2D eigenvalue weighted by atomic mass is 79.9. The first kappa shape index (κ1) is 27.2. The number of nitrogens with zero attached hydrogens (tertiary/aromatic N) is 2. The number of halogens is 2. The van der Waals surface area contributed by atoms with Crippen molar-refractivity contribution in [2.75, 3.05) is 0 Å². The molecule has 0 aliphatic carbocycles. The van der Waals surface area contributed by atoms with Crippen molar-refractivity contribution in [3.63, 3.8) is 0 Å². The van der Waals surface area contributed by atoms with Gasteiger partial charge in [-0.3, -0.25) is 0 Å². The van der Waals surface area contributed by atoms with Crippen LogP contribution in [-0.2, 0) is 6.54 Å². The summed E-state index contributed by atoms with van der Waals surface area (Å²) in [6, 6.07) is 28.0. The van der Waals surface area contributed by atoms with E-state index in [2.05, 4.69) is 139 Å². The Morgan fingerprint density at radius 3 is 2.24 bits per heavy atom. The van der Waals surface area contributed by atoms with Crippen LogP contribution in [0.5, 0.6) is 5.75 Å². The number of rotatable bonds is 5. The van der Waals surface area contributed by atoms with Crippen LogP contribution in [0, 0.1) is 13.8 Å². The van der Waals surface area contributed by atoms with Crippen molar-refractivity contribution < 1.29 is 4.52 Å². The van der Waals surface area contributed by atoms with Crippen molar-refractivity contribution in [1.82, 2.24) is 4.57 Å². The van der Waals surface area contributed by atoms with Crippen molar-refractivity contribution in [3.05, 3.63) is 98.9 Å². The zero-order chi connectivity index (χ0) is 27.2. The van der Waals surface area contributed by atoms with Gasteiger partial charge in [-0.15, -0.1) is 0 Å². The number of hydrogen-bond acceptors (Lipinski definition) is 2. The molecule has 1 heterocycles. The van der Waals surface area contributed by atoms with Crippen LogP contribution in [0.2, 0.25) is 0 Å². The largest absolute Gasteiger partial charge is 0.454 e. The number of aryl methyl sites for hydroxylation is 3. The van der Waals surface area contributed by atoms with Gasteiger partial charge in [0.25, 0.3) is 0 Å². The smallest absolute Gasteiger partial charge is 0.173 e. The number of aromatic nitrogens is 1. The molecule has 0 radical (unpaired) electrons. The third-order valence-corrected chi connectivity index (χ3v) is 12.1. The van der Waals surface area contributed by atoms with E-state index in [4.69, 9.17) is 9.27 Å². The standard InChI is InChI=1S/C32H33Br2N2OP/c1-7-36-29-11-9-8-10-26(29)27-20-25(15-16-30(27)36)38(32(4,5)6,35-24-14-12-21(2)22(3)18-24)37-31-17-13-23(33)19-28(31)34/h8-20H,7H2,1-6H3. The van der Waals surface area contributed by atoms with Crippen LogP contribution < -0.4 is 9.83 Å². The van der Waals surface area contributed by atoms with Gasteiger partial charge in [-0.05, 0) is 102 Å². The zero-order valence-corrected chi connectivity index (χ0v) is 26.8. The Kier molecular flexibility index (Phi) is 7.41. The molecular formula is C32H33Br2N2OP. The molecule has 0 saturated heterocycles. The van der Waals surface area contributed by atoms with Gasteiger partial charge < -0.3 is 9.09 Å². The van der Waals surface area contributed by atoms with Crippen LogP contribution in [-0.4, -0.2) is 9.72 Å². The van der Waals surface area contributed by atoms with Crippen LogP contribution >= 0.6 is 39.1 Å². The van der Waals surface area contributed by atoms with E-state index in [1.165, 1.54) is 32.9 Å². The summed E-state index contributed by atoms with van der Waals surface area (Å²) in [5.74, 6) is 0.792. The Morgan fingerprint density at radius 2 is 1.55 bits per heavy atom. The molecule has 0 fully saturated rings. The fourth-order valence-corrected chi connectivity index (χ4v) is 9.36. The number of hydrogen-bond donors (Lipinski definition) is 0. The van der Waals surface area contributed by atoms with E-state index in [-0.39, 0.29) is 5.16 Å². The molecule has 1 aromatic heterocycles. The molecule has 5 rings (SSSR count). The molecule has 0 saturated carbocycles. The van der Waals surface area contributed by atoms with Crippen molar-refractivity contribution >= 4 is 71.9 Å². The second-order valence-corrected chi connectivity index (χ2v) is 15.9. The molecule has 38 heavy (non-hydrogen) atoms. The molecule has 1 unspecified atom stereocenters. The summed E-state index contributed by atoms with van der Waals surface area (Å²) in [5.41, 5.74) is 5.92. The van der Waals surface area contributed by atoms with Crippen molar-refractivity contribution in [2.24, 2.45) is 4.74 Å². The Hall–Kier alpha value is -2.33. The average molecular weight is 652 g/mol. The first-order valence-electron chi connectivity index (χ1n) is 12.9. The summed E-state index contributed by atoms with van der Waals surface area (Å²) in [5, 5.41) is 3.34. The highest BCUT2D eigenvalue weighted by Gasteiger charge is 2.39. The van der Waals surface area contributed by atoms with Crippen LogP contribution in [0.4, 0.5) is 5.69 Å². The molecule has 0 aliphatic rings. The van der Waals surface area contributed by atoms with Crippen molar-refractivity contribution in [1.29, 1.82) is 0 Å². The molecule has 0 bridgehead atoms. The van der Waals surface area contributed by atoms with Gasteiger partial charge in [-0.25, -0.2) is 4.74 Å². The van der Waals surface area contributed by atoms with E-state index in [1.807, 2.05) is 18.2 Å². The second kappa shape index (κ2) is 10.3. The lowest BCUT2D eigenvalue weighted by Gasteiger charge is -2.37.